The standard InChI is InChI=1S/C16H6F29O4P.2H3N/c17-3(18,1-2-49-50(46,47)48)4(19,20)5(21,22)6(23,24)7(25,26)8(27,28)9(29,30)10(31,32)11(33,34)12(35,36)13(37,38)14(39,40)15(41,42)16(43,44)45;;/h1-2H2,(H2,46,47,48);2*1H3. The molecule has 52 heavy (non-hydrogen) atoms. The summed E-state index contributed by atoms with van der Waals surface area (Å²) in [5.74, 6) is -122. The Balaban J connectivity index is -0.0000120. The Labute approximate surface area is 264 Å². The normalized spacial score (nSPS) is 16.4. The van der Waals surface area contributed by atoms with E-state index in [2.05, 4.69) is 4.52 Å². The van der Waals surface area contributed by atoms with Crippen LogP contribution in [0.15, 0.2) is 0 Å². The third kappa shape index (κ3) is 7.01. The highest BCUT2D eigenvalue weighted by atomic mass is 31.2. The van der Waals surface area contributed by atoms with Crippen LogP contribution in [-0.2, 0) is 9.09 Å². The molecule has 0 spiro atoms. The Morgan fingerprint density at radius 3 is 0.692 bits per heavy atom. The average molecular weight is 878 g/mol. The Kier molecular flexibility index (Phi) is 14.2. The summed E-state index contributed by atoms with van der Waals surface area (Å²) >= 11 is 0. The smallest absolute Gasteiger partial charge is 0.344 e. The van der Waals surface area contributed by atoms with Crippen molar-refractivity contribution in [2.24, 2.45) is 0 Å². The summed E-state index contributed by atoms with van der Waals surface area (Å²) in [6.45, 7) is -2.72. The van der Waals surface area contributed by atoms with Crippen molar-refractivity contribution in [3.05, 3.63) is 0 Å². The molecule has 0 bridgehead atoms. The van der Waals surface area contributed by atoms with Gasteiger partial charge in [-0.05, 0) is 0 Å². The van der Waals surface area contributed by atoms with Crippen molar-refractivity contribution in [3.8, 4) is 0 Å². The fourth-order valence-electron chi connectivity index (χ4n) is 2.83. The molecule has 0 aromatic carbocycles. The quantitative estimate of drug-likeness (QED) is 0.0901. The maximum atomic E-state index is 13.8. The Hall–Kier alpha value is -2.00. The van der Waals surface area contributed by atoms with E-state index in [1.807, 2.05) is 0 Å². The largest absolute Gasteiger partial charge is 0.469 e. The van der Waals surface area contributed by atoms with Crippen LogP contribution in [-0.4, -0.2) is 99.6 Å². The van der Waals surface area contributed by atoms with Crippen molar-refractivity contribution >= 4 is 7.82 Å². The van der Waals surface area contributed by atoms with Gasteiger partial charge in [0, 0.05) is 6.42 Å². The Bertz CT molecular complexity index is 1290. The zero-order valence-corrected chi connectivity index (χ0v) is 23.8. The molecule has 0 atom stereocenters. The molecule has 0 saturated heterocycles. The van der Waals surface area contributed by atoms with E-state index >= 15 is 0 Å². The van der Waals surface area contributed by atoms with Gasteiger partial charge in [0.05, 0.1) is 6.61 Å². The van der Waals surface area contributed by atoms with Gasteiger partial charge in [-0.1, -0.05) is 0 Å². The second-order valence-corrected chi connectivity index (χ2v) is 10.4. The maximum absolute atomic E-state index is 13.8. The van der Waals surface area contributed by atoms with E-state index < -0.39 is 104 Å². The summed E-state index contributed by atoms with van der Waals surface area (Å²) in [7, 11) is -6.10. The van der Waals surface area contributed by atoms with Crippen molar-refractivity contribution in [2.45, 2.75) is 89.6 Å². The first-order valence-corrected chi connectivity index (χ1v) is 12.2. The molecule has 0 radical (unpaired) electrons. The van der Waals surface area contributed by atoms with Crippen LogP contribution in [0.4, 0.5) is 127 Å². The highest BCUT2D eigenvalue weighted by Gasteiger charge is 3.00. The molecule has 0 unspecified atom stereocenters. The third-order valence-electron chi connectivity index (χ3n) is 5.83. The van der Waals surface area contributed by atoms with Crippen LogP contribution >= 0.6 is 7.82 Å². The summed E-state index contributed by atoms with van der Waals surface area (Å²) < 4.78 is 402. The molecule has 36 heteroatoms. The van der Waals surface area contributed by atoms with Crippen LogP contribution in [0.5, 0.6) is 0 Å². The topological polar surface area (TPSA) is 137 Å². The van der Waals surface area contributed by atoms with Crippen molar-refractivity contribution in [1.82, 2.24) is 12.3 Å². The van der Waals surface area contributed by atoms with Crippen LogP contribution in [0.25, 0.3) is 0 Å². The highest BCUT2D eigenvalue weighted by molar-refractivity contribution is 7.46. The van der Waals surface area contributed by atoms with Gasteiger partial charge in [-0.2, -0.15) is 127 Å². The molecular formula is C16H12F29N2O4P. The van der Waals surface area contributed by atoms with Crippen molar-refractivity contribution in [1.29, 1.82) is 0 Å². The van der Waals surface area contributed by atoms with Crippen LogP contribution in [0.1, 0.15) is 6.42 Å². The number of halogens is 29. The highest BCUT2D eigenvalue weighted by Crippen LogP contribution is 2.69. The second-order valence-electron chi connectivity index (χ2n) is 9.17. The zero-order valence-electron chi connectivity index (χ0n) is 22.9. The van der Waals surface area contributed by atoms with E-state index in [0.29, 0.717) is 0 Å². The monoisotopic (exact) mass is 878 g/mol. The van der Waals surface area contributed by atoms with Crippen LogP contribution in [0.3, 0.4) is 0 Å². The van der Waals surface area contributed by atoms with Crippen molar-refractivity contribution in [2.75, 3.05) is 6.61 Å². The van der Waals surface area contributed by atoms with Gasteiger partial charge < -0.3 is 22.1 Å². The van der Waals surface area contributed by atoms with E-state index in [1.165, 1.54) is 0 Å². The minimum absolute atomic E-state index is 0. The third-order valence-corrected chi connectivity index (χ3v) is 6.35. The summed E-state index contributed by atoms with van der Waals surface area (Å²) in [5, 5.41) is 0. The molecule has 0 heterocycles. The molecule has 6 nitrogen and oxygen atoms in total. The number of rotatable bonds is 16. The molecule has 0 aromatic rings. The SMILES string of the molecule is N.N.O=P(O)(O)OCCC(F)(F)C(F)(F)C(F)(F)C(F)(F)C(F)(F)C(F)(F)C(F)(F)C(F)(F)C(F)(F)C(F)(F)C(F)(F)C(F)(F)C(F)(F)C(F)(F)F. The van der Waals surface area contributed by atoms with Crippen LogP contribution < -0.4 is 12.3 Å². The van der Waals surface area contributed by atoms with E-state index in [-0.39, 0.29) is 12.3 Å². The molecule has 0 amide bonds. The second kappa shape index (κ2) is 13.6. The van der Waals surface area contributed by atoms with Crippen LogP contribution in [0, 0.1) is 0 Å². The fraction of sp³-hybridized carbons (Fsp3) is 1.00. The lowest BCUT2D eigenvalue weighted by Crippen LogP contribution is -2.79. The molecule has 0 rings (SSSR count). The fourth-order valence-corrected chi connectivity index (χ4v) is 3.16. The predicted molar refractivity (Wildman–Crippen MR) is 103 cm³/mol. The summed E-state index contributed by atoms with van der Waals surface area (Å²) in [6, 6.07) is 0. The Morgan fingerprint density at radius 2 is 0.519 bits per heavy atom. The van der Waals surface area contributed by atoms with Gasteiger partial charge in [0.25, 0.3) is 0 Å². The summed E-state index contributed by atoms with van der Waals surface area (Å²) in [6.07, 6.45) is -11.8. The number of alkyl halides is 29. The maximum Gasteiger partial charge on any atom is 0.469 e. The summed E-state index contributed by atoms with van der Waals surface area (Å²) in [4.78, 5) is 16.2. The van der Waals surface area contributed by atoms with E-state index in [9.17, 15) is 132 Å². The summed E-state index contributed by atoms with van der Waals surface area (Å²) in [5.41, 5.74) is 0. The minimum atomic E-state index is -10.00. The molecule has 0 aliphatic rings. The van der Waals surface area contributed by atoms with Gasteiger partial charge in [-0.15, -0.1) is 0 Å². The zero-order chi connectivity index (χ0) is 41.6. The molecule has 0 aliphatic carbocycles. The van der Waals surface area contributed by atoms with Crippen molar-refractivity contribution < 1.29 is 146 Å². The number of phosphoric acid groups is 1. The molecule has 0 fully saturated rings. The number of phosphoric ester groups is 1. The first kappa shape index (κ1) is 54.3. The van der Waals surface area contributed by atoms with E-state index in [4.69, 9.17) is 9.79 Å². The predicted octanol–water partition coefficient (Wildman–Crippen LogP) is 9.63. The van der Waals surface area contributed by atoms with Crippen LogP contribution in [0.2, 0.25) is 0 Å². The van der Waals surface area contributed by atoms with Gasteiger partial charge in [-0.25, -0.2) is 4.57 Å². The lowest BCUT2D eigenvalue weighted by atomic mass is 9.83. The van der Waals surface area contributed by atoms with Gasteiger partial charge in [0.15, 0.2) is 0 Å². The average Bonchev–Trinajstić information content (AvgIpc) is 2.85. The molecule has 0 aliphatic heterocycles. The lowest BCUT2D eigenvalue weighted by Gasteiger charge is -2.46. The first-order valence-electron chi connectivity index (χ1n) is 10.6. The number of hydrogen-bond donors (Lipinski definition) is 4. The van der Waals surface area contributed by atoms with Gasteiger partial charge in [-0.3, -0.25) is 4.52 Å². The van der Waals surface area contributed by atoms with E-state index in [1.54, 1.807) is 0 Å². The lowest BCUT2D eigenvalue weighted by molar-refractivity contribution is -0.487. The molecular weight excluding hydrogens is 866 g/mol. The minimum Gasteiger partial charge on any atom is -0.344 e. The van der Waals surface area contributed by atoms with Gasteiger partial charge >= 0.3 is 91.0 Å². The van der Waals surface area contributed by atoms with Gasteiger partial charge in [0.1, 0.15) is 0 Å². The molecule has 8 N–H and O–H groups in total. The molecule has 0 aromatic heterocycles. The van der Waals surface area contributed by atoms with Gasteiger partial charge in [0.2, 0.25) is 0 Å². The number of hydrogen-bond acceptors (Lipinski definition) is 4. The molecule has 318 valence electrons. The van der Waals surface area contributed by atoms with Crippen molar-refractivity contribution in [3.63, 3.8) is 0 Å². The van der Waals surface area contributed by atoms with E-state index in [0.717, 1.165) is 0 Å². The first-order chi connectivity index (χ1) is 21.0. The molecule has 0 saturated carbocycles. The Morgan fingerprint density at radius 1 is 0.346 bits per heavy atom.